The zero-order valence-corrected chi connectivity index (χ0v) is 13.5. The Balaban J connectivity index is 2.18. The number of rotatable bonds is 9. The fourth-order valence-corrected chi connectivity index (χ4v) is 2.86. The van der Waals surface area contributed by atoms with Crippen molar-refractivity contribution in [3.8, 4) is 0 Å². The fraction of sp³-hybridized carbons (Fsp3) is 0.933. The SMILES string of the molecule is CNC(C)(CCCCN(C)CC1CCCN1C)C(=O)O. The first kappa shape index (κ1) is 17.4. The van der Waals surface area contributed by atoms with Gasteiger partial charge in [-0.3, -0.25) is 4.79 Å². The molecule has 2 atom stereocenters. The molecule has 0 amide bonds. The van der Waals surface area contributed by atoms with Gasteiger partial charge in [0.2, 0.25) is 0 Å². The summed E-state index contributed by atoms with van der Waals surface area (Å²) in [6.45, 7) is 5.15. The number of carboxylic acid groups (broad SMARTS) is 1. The number of hydrogen-bond donors (Lipinski definition) is 2. The Labute approximate surface area is 123 Å². The summed E-state index contributed by atoms with van der Waals surface area (Å²) in [7, 11) is 6.09. The number of unbranched alkanes of at least 4 members (excludes halogenated alkanes) is 1. The van der Waals surface area contributed by atoms with Crippen LogP contribution in [0.5, 0.6) is 0 Å². The summed E-state index contributed by atoms with van der Waals surface area (Å²) in [6.07, 6.45) is 5.29. The van der Waals surface area contributed by atoms with E-state index in [4.69, 9.17) is 0 Å². The Morgan fingerprint density at radius 1 is 1.50 bits per heavy atom. The van der Waals surface area contributed by atoms with E-state index in [1.165, 1.54) is 19.4 Å². The summed E-state index contributed by atoms with van der Waals surface area (Å²) in [5.41, 5.74) is -0.787. The second-order valence-electron chi connectivity index (χ2n) is 6.38. The lowest BCUT2D eigenvalue weighted by Gasteiger charge is -2.27. The minimum atomic E-state index is -0.787. The molecule has 0 spiro atoms. The molecule has 0 bridgehead atoms. The zero-order chi connectivity index (χ0) is 15.2. The molecular formula is C15H31N3O2. The predicted octanol–water partition coefficient (Wildman–Crippen LogP) is 1.25. The molecule has 0 aliphatic carbocycles. The zero-order valence-electron chi connectivity index (χ0n) is 13.5. The first-order valence-corrected chi connectivity index (χ1v) is 7.70. The lowest BCUT2D eigenvalue weighted by Crippen LogP contribution is -2.47. The van der Waals surface area contributed by atoms with Gasteiger partial charge in [-0.25, -0.2) is 0 Å². The van der Waals surface area contributed by atoms with Crippen LogP contribution in [0, 0.1) is 0 Å². The molecule has 1 aliphatic rings. The van der Waals surface area contributed by atoms with Gasteiger partial charge in [0.15, 0.2) is 0 Å². The number of likely N-dealkylation sites (N-methyl/N-ethyl adjacent to an activating group) is 3. The third kappa shape index (κ3) is 5.04. The molecule has 2 unspecified atom stereocenters. The molecule has 2 N–H and O–H groups in total. The first-order valence-electron chi connectivity index (χ1n) is 7.70. The molecule has 118 valence electrons. The highest BCUT2D eigenvalue weighted by atomic mass is 16.4. The van der Waals surface area contributed by atoms with Crippen LogP contribution in [0.3, 0.4) is 0 Å². The highest BCUT2D eigenvalue weighted by molar-refractivity contribution is 5.78. The second kappa shape index (κ2) is 7.96. The van der Waals surface area contributed by atoms with Crippen LogP contribution in [0.15, 0.2) is 0 Å². The van der Waals surface area contributed by atoms with Crippen molar-refractivity contribution in [2.75, 3.05) is 40.8 Å². The Kier molecular flexibility index (Phi) is 6.92. The van der Waals surface area contributed by atoms with Gasteiger partial charge in [-0.15, -0.1) is 0 Å². The molecular weight excluding hydrogens is 254 g/mol. The average molecular weight is 285 g/mol. The lowest BCUT2D eigenvalue weighted by molar-refractivity contribution is -0.144. The van der Waals surface area contributed by atoms with Crippen molar-refractivity contribution in [1.82, 2.24) is 15.1 Å². The van der Waals surface area contributed by atoms with Gasteiger partial charge in [0, 0.05) is 12.6 Å². The van der Waals surface area contributed by atoms with Crippen molar-refractivity contribution in [2.24, 2.45) is 0 Å². The summed E-state index contributed by atoms with van der Waals surface area (Å²) >= 11 is 0. The van der Waals surface area contributed by atoms with E-state index in [9.17, 15) is 9.90 Å². The molecule has 1 aliphatic heterocycles. The summed E-state index contributed by atoms with van der Waals surface area (Å²) in [5, 5.41) is 12.1. The van der Waals surface area contributed by atoms with Crippen LogP contribution in [-0.4, -0.2) is 73.2 Å². The van der Waals surface area contributed by atoms with Crippen molar-refractivity contribution in [2.45, 2.75) is 50.6 Å². The van der Waals surface area contributed by atoms with E-state index < -0.39 is 11.5 Å². The van der Waals surface area contributed by atoms with Crippen molar-refractivity contribution in [1.29, 1.82) is 0 Å². The molecule has 0 aromatic carbocycles. The van der Waals surface area contributed by atoms with E-state index in [-0.39, 0.29) is 0 Å². The van der Waals surface area contributed by atoms with Crippen LogP contribution < -0.4 is 5.32 Å². The molecule has 5 heteroatoms. The predicted molar refractivity (Wildman–Crippen MR) is 82.1 cm³/mol. The van der Waals surface area contributed by atoms with Crippen LogP contribution >= 0.6 is 0 Å². The molecule has 0 aromatic rings. The average Bonchev–Trinajstić information content (AvgIpc) is 2.79. The molecule has 0 saturated carbocycles. The van der Waals surface area contributed by atoms with Gasteiger partial charge >= 0.3 is 5.97 Å². The quantitative estimate of drug-likeness (QED) is 0.624. The Morgan fingerprint density at radius 3 is 2.70 bits per heavy atom. The first-order chi connectivity index (χ1) is 9.39. The van der Waals surface area contributed by atoms with Gasteiger partial charge in [0.25, 0.3) is 0 Å². The molecule has 1 saturated heterocycles. The van der Waals surface area contributed by atoms with Crippen molar-refractivity contribution < 1.29 is 9.90 Å². The molecule has 5 nitrogen and oxygen atoms in total. The minimum Gasteiger partial charge on any atom is -0.480 e. The highest BCUT2D eigenvalue weighted by Crippen LogP contribution is 2.17. The number of hydrogen-bond acceptors (Lipinski definition) is 4. The number of carboxylic acids is 1. The second-order valence-corrected chi connectivity index (χ2v) is 6.38. The molecule has 1 heterocycles. The number of nitrogens with one attached hydrogen (secondary N) is 1. The molecule has 1 rings (SSSR count). The summed E-state index contributed by atoms with van der Waals surface area (Å²) in [5.74, 6) is -0.763. The van der Waals surface area contributed by atoms with Crippen molar-refractivity contribution in [3.63, 3.8) is 0 Å². The maximum absolute atomic E-state index is 11.2. The standard InChI is InChI=1S/C15H31N3O2/c1-15(16-2,14(19)20)9-5-6-10-17(3)12-13-8-7-11-18(13)4/h13,16H,5-12H2,1-4H3,(H,19,20). The van der Waals surface area contributed by atoms with Gasteiger partial charge in [0.05, 0.1) is 0 Å². The van der Waals surface area contributed by atoms with Crippen LogP contribution in [0.4, 0.5) is 0 Å². The van der Waals surface area contributed by atoms with Gasteiger partial charge < -0.3 is 20.2 Å². The van der Waals surface area contributed by atoms with Crippen molar-refractivity contribution >= 4 is 5.97 Å². The van der Waals surface area contributed by atoms with Crippen LogP contribution in [-0.2, 0) is 4.79 Å². The van der Waals surface area contributed by atoms with Gasteiger partial charge in [0.1, 0.15) is 5.54 Å². The van der Waals surface area contributed by atoms with E-state index in [1.807, 2.05) is 0 Å². The van der Waals surface area contributed by atoms with Gasteiger partial charge in [-0.2, -0.15) is 0 Å². The number of carbonyl (C=O) groups is 1. The maximum Gasteiger partial charge on any atom is 0.323 e. The van der Waals surface area contributed by atoms with Crippen LogP contribution in [0.25, 0.3) is 0 Å². The third-order valence-electron chi connectivity index (χ3n) is 4.68. The van der Waals surface area contributed by atoms with E-state index in [1.54, 1.807) is 14.0 Å². The van der Waals surface area contributed by atoms with Gasteiger partial charge in [-0.1, -0.05) is 0 Å². The van der Waals surface area contributed by atoms with Crippen molar-refractivity contribution in [3.05, 3.63) is 0 Å². The molecule has 20 heavy (non-hydrogen) atoms. The van der Waals surface area contributed by atoms with E-state index in [2.05, 4.69) is 29.2 Å². The Hall–Kier alpha value is -0.650. The Bertz CT molecular complexity index is 311. The van der Waals surface area contributed by atoms with E-state index in [0.29, 0.717) is 12.5 Å². The van der Waals surface area contributed by atoms with E-state index >= 15 is 0 Å². The third-order valence-corrected chi connectivity index (χ3v) is 4.68. The maximum atomic E-state index is 11.2. The van der Waals surface area contributed by atoms with Crippen LogP contribution in [0.1, 0.15) is 39.0 Å². The monoisotopic (exact) mass is 285 g/mol. The number of likely N-dealkylation sites (tertiary alicyclic amines) is 1. The Morgan fingerprint density at radius 2 is 2.20 bits per heavy atom. The molecule has 0 radical (unpaired) electrons. The largest absolute Gasteiger partial charge is 0.480 e. The smallest absolute Gasteiger partial charge is 0.323 e. The lowest BCUT2D eigenvalue weighted by atomic mass is 9.95. The highest BCUT2D eigenvalue weighted by Gasteiger charge is 2.30. The van der Waals surface area contributed by atoms with Crippen LogP contribution in [0.2, 0.25) is 0 Å². The minimum absolute atomic E-state index is 0.677. The fourth-order valence-electron chi connectivity index (χ4n) is 2.86. The molecule has 0 aromatic heterocycles. The topological polar surface area (TPSA) is 55.8 Å². The summed E-state index contributed by atoms with van der Waals surface area (Å²) in [6, 6.07) is 0.696. The van der Waals surface area contributed by atoms with Gasteiger partial charge in [-0.05, 0) is 73.3 Å². The van der Waals surface area contributed by atoms with E-state index in [0.717, 1.165) is 25.9 Å². The molecule has 1 fully saturated rings. The normalized spacial score (nSPS) is 23.1. The summed E-state index contributed by atoms with van der Waals surface area (Å²) < 4.78 is 0. The summed E-state index contributed by atoms with van der Waals surface area (Å²) in [4.78, 5) is 16.0. The number of aliphatic carboxylic acids is 1. The number of nitrogens with zero attached hydrogens (tertiary/aromatic N) is 2.